The monoisotopic (exact) mass is 623 g/mol. The van der Waals surface area contributed by atoms with Gasteiger partial charge < -0.3 is 14.6 Å². The summed E-state index contributed by atoms with van der Waals surface area (Å²) in [6, 6.07) is 15.9. The fourth-order valence-corrected chi connectivity index (χ4v) is 5.51. The molecule has 0 aliphatic heterocycles. The van der Waals surface area contributed by atoms with Crippen molar-refractivity contribution >= 4 is 40.5 Å². The van der Waals surface area contributed by atoms with Crippen LogP contribution in [0, 0.1) is 0 Å². The van der Waals surface area contributed by atoms with Crippen LogP contribution in [0.25, 0.3) is 10.4 Å². The SMILES string of the molecule is CC(C)(Oc1ccc(CCC(OCc2cccnc2)c2ccc(-c3ccc(C(F)(F)F)cc3)s2)c(Cl)c1Cl)C(=O)O. The summed E-state index contributed by atoms with van der Waals surface area (Å²) >= 11 is 14.4. The number of aromatic nitrogens is 1. The molecule has 0 fully saturated rings. The number of carboxylic acids is 1. The minimum absolute atomic E-state index is 0.118. The van der Waals surface area contributed by atoms with E-state index in [0.29, 0.717) is 25.0 Å². The average molecular weight is 625 g/mol. The van der Waals surface area contributed by atoms with Crippen LogP contribution in [0.15, 0.2) is 73.1 Å². The summed E-state index contributed by atoms with van der Waals surface area (Å²) in [4.78, 5) is 17.3. The summed E-state index contributed by atoms with van der Waals surface area (Å²) in [5.74, 6) is -0.981. The number of hydrogen-bond donors (Lipinski definition) is 1. The first kappa shape index (κ1) is 30.8. The molecule has 1 unspecified atom stereocenters. The number of carbonyl (C=O) groups is 1. The van der Waals surface area contributed by atoms with E-state index in [-0.39, 0.29) is 21.9 Å². The van der Waals surface area contributed by atoms with Crippen LogP contribution >= 0.6 is 34.5 Å². The topological polar surface area (TPSA) is 68.7 Å². The minimum atomic E-state index is -4.40. The van der Waals surface area contributed by atoms with E-state index in [9.17, 15) is 23.1 Å². The Morgan fingerprint density at radius 2 is 1.76 bits per heavy atom. The second kappa shape index (κ2) is 12.8. The molecule has 216 valence electrons. The molecule has 2 aromatic carbocycles. The van der Waals surface area contributed by atoms with Crippen molar-refractivity contribution in [3.63, 3.8) is 0 Å². The zero-order valence-corrected chi connectivity index (χ0v) is 24.4. The maximum atomic E-state index is 13.0. The van der Waals surface area contributed by atoms with Crippen molar-refractivity contribution in [2.24, 2.45) is 0 Å². The molecule has 0 aliphatic rings. The number of alkyl halides is 3. The second-order valence-corrected chi connectivity index (χ2v) is 11.6. The van der Waals surface area contributed by atoms with Gasteiger partial charge in [0, 0.05) is 22.1 Å². The zero-order chi connectivity index (χ0) is 29.8. The van der Waals surface area contributed by atoms with Gasteiger partial charge in [-0.25, -0.2) is 4.79 Å². The van der Waals surface area contributed by atoms with Crippen LogP contribution in [-0.2, 0) is 28.7 Å². The first-order valence-electron chi connectivity index (χ1n) is 12.5. The quantitative estimate of drug-likeness (QED) is 0.180. The van der Waals surface area contributed by atoms with Crippen molar-refractivity contribution in [2.75, 3.05) is 0 Å². The standard InChI is InChI=1S/C30H26Cl2F3NO4S/c1-29(2,28(37)38)40-23-12-8-20(26(31)27(23)32)7-11-22(39-17-18-4-3-15-36-16-18)25-14-13-24(41-25)19-5-9-21(10-6-19)30(33,34)35/h3-6,8-10,12-16,22H,7,11,17H2,1-2H3,(H,37,38). The molecule has 0 bridgehead atoms. The van der Waals surface area contributed by atoms with Gasteiger partial charge >= 0.3 is 12.1 Å². The Bertz CT molecular complexity index is 1490. The first-order valence-corrected chi connectivity index (χ1v) is 14.1. The maximum absolute atomic E-state index is 13.0. The summed E-state index contributed by atoms with van der Waals surface area (Å²) in [5, 5.41) is 9.73. The molecule has 2 heterocycles. The van der Waals surface area contributed by atoms with Crippen molar-refractivity contribution in [3.05, 3.63) is 105 Å². The predicted molar refractivity (Wildman–Crippen MR) is 154 cm³/mol. The molecular weight excluding hydrogens is 598 g/mol. The lowest BCUT2D eigenvalue weighted by molar-refractivity contribution is -0.152. The molecule has 0 saturated carbocycles. The van der Waals surface area contributed by atoms with E-state index in [0.717, 1.165) is 33.0 Å². The third-order valence-electron chi connectivity index (χ3n) is 6.30. The fourth-order valence-electron chi connectivity index (χ4n) is 3.94. The van der Waals surface area contributed by atoms with E-state index < -0.39 is 23.3 Å². The molecule has 0 aliphatic carbocycles. The highest BCUT2D eigenvalue weighted by Gasteiger charge is 2.31. The molecule has 5 nitrogen and oxygen atoms in total. The highest BCUT2D eigenvalue weighted by Crippen LogP contribution is 2.40. The molecule has 4 rings (SSSR count). The molecular formula is C30H26Cl2F3NO4S. The molecule has 41 heavy (non-hydrogen) atoms. The molecule has 1 N–H and O–H groups in total. The van der Waals surface area contributed by atoms with Crippen LogP contribution in [0.4, 0.5) is 13.2 Å². The summed E-state index contributed by atoms with van der Waals surface area (Å²) in [7, 11) is 0. The van der Waals surface area contributed by atoms with Gasteiger partial charge in [-0.1, -0.05) is 47.5 Å². The Morgan fingerprint density at radius 3 is 2.39 bits per heavy atom. The molecule has 2 aromatic heterocycles. The third kappa shape index (κ3) is 7.80. The van der Waals surface area contributed by atoms with Crippen LogP contribution in [-0.4, -0.2) is 21.7 Å². The van der Waals surface area contributed by atoms with Crippen molar-refractivity contribution in [3.8, 4) is 16.2 Å². The number of ether oxygens (including phenoxy) is 2. The van der Waals surface area contributed by atoms with E-state index >= 15 is 0 Å². The van der Waals surface area contributed by atoms with Crippen molar-refractivity contribution in [2.45, 2.75) is 51.2 Å². The van der Waals surface area contributed by atoms with Gasteiger partial charge in [0.1, 0.15) is 10.8 Å². The van der Waals surface area contributed by atoms with Crippen LogP contribution in [0.3, 0.4) is 0 Å². The van der Waals surface area contributed by atoms with Gasteiger partial charge in [-0.05, 0) is 79.8 Å². The Morgan fingerprint density at radius 1 is 1.02 bits per heavy atom. The molecule has 0 saturated heterocycles. The lowest BCUT2D eigenvalue weighted by atomic mass is 10.0. The number of pyridine rings is 1. The van der Waals surface area contributed by atoms with Gasteiger partial charge in [-0.3, -0.25) is 4.98 Å². The summed E-state index contributed by atoms with van der Waals surface area (Å²) < 4.78 is 50.9. The van der Waals surface area contributed by atoms with Crippen LogP contribution in [0.2, 0.25) is 10.0 Å². The highest BCUT2D eigenvalue weighted by molar-refractivity contribution is 7.15. The Kier molecular flexibility index (Phi) is 9.64. The fraction of sp³-hybridized carbons (Fsp3) is 0.267. The smallest absolute Gasteiger partial charge is 0.416 e. The van der Waals surface area contributed by atoms with Crippen molar-refractivity contribution < 1.29 is 32.5 Å². The lowest BCUT2D eigenvalue weighted by Crippen LogP contribution is -2.38. The van der Waals surface area contributed by atoms with Crippen LogP contribution < -0.4 is 4.74 Å². The molecule has 0 amide bonds. The number of thiophene rings is 1. The zero-order valence-electron chi connectivity index (χ0n) is 22.0. The van der Waals surface area contributed by atoms with E-state index in [4.69, 9.17) is 32.7 Å². The van der Waals surface area contributed by atoms with Gasteiger partial charge in [0.15, 0.2) is 5.60 Å². The van der Waals surface area contributed by atoms with E-state index in [1.165, 1.54) is 37.3 Å². The van der Waals surface area contributed by atoms with Gasteiger partial charge in [-0.2, -0.15) is 13.2 Å². The summed E-state index contributed by atoms with van der Waals surface area (Å²) in [5.41, 5.74) is 0.0976. The Labute approximate surface area is 249 Å². The number of carboxylic acid groups (broad SMARTS) is 1. The van der Waals surface area contributed by atoms with Crippen LogP contribution in [0.1, 0.15) is 47.9 Å². The highest BCUT2D eigenvalue weighted by atomic mass is 35.5. The number of benzene rings is 2. The molecule has 0 radical (unpaired) electrons. The number of rotatable bonds is 11. The second-order valence-electron chi connectivity index (χ2n) is 9.75. The summed E-state index contributed by atoms with van der Waals surface area (Å²) in [6.45, 7) is 3.13. The Hall–Kier alpha value is -3.11. The average Bonchev–Trinajstić information content (AvgIpc) is 3.42. The molecule has 1 atom stereocenters. The maximum Gasteiger partial charge on any atom is 0.416 e. The number of aryl methyl sites for hydroxylation is 1. The van der Waals surface area contributed by atoms with Crippen LogP contribution in [0.5, 0.6) is 5.75 Å². The summed E-state index contributed by atoms with van der Waals surface area (Å²) in [6.07, 6.45) is -0.373. The predicted octanol–water partition coefficient (Wildman–Crippen LogP) is 9.27. The molecule has 11 heteroatoms. The molecule has 0 spiro atoms. The van der Waals surface area contributed by atoms with Gasteiger partial charge in [0.2, 0.25) is 0 Å². The van der Waals surface area contributed by atoms with Gasteiger partial charge in [-0.15, -0.1) is 11.3 Å². The minimum Gasteiger partial charge on any atom is -0.478 e. The van der Waals surface area contributed by atoms with E-state index in [1.807, 2.05) is 24.3 Å². The number of halogens is 5. The number of aliphatic carboxylic acids is 1. The van der Waals surface area contributed by atoms with E-state index in [1.54, 1.807) is 24.5 Å². The normalized spacial score (nSPS) is 12.8. The van der Waals surface area contributed by atoms with Crippen molar-refractivity contribution in [1.82, 2.24) is 4.98 Å². The largest absolute Gasteiger partial charge is 0.478 e. The number of hydrogen-bond acceptors (Lipinski definition) is 5. The molecule has 4 aromatic rings. The lowest BCUT2D eigenvalue weighted by Gasteiger charge is -2.23. The van der Waals surface area contributed by atoms with Gasteiger partial charge in [0.25, 0.3) is 0 Å². The first-order chi connectivity index (χ1) is 19.3. The number of nitrogens with zero attached hydrogens (tertiary/aromatic N) is 1. The third-order valence-corrected chi connectivity index (χ3v) is 8.43. The Balaban J connectivity index is 1.54. The van der Waals surface area contributed by atoms with Gasteiger partial charge in [0.05, 0.1) is 23.3 Å². The van der Waals surface area contributed by atoms with Crippen molar-refractivity contribution in [1.29, 1.82) is 0 Å². The van der Waals surface area contributed by atoms with E-state index in [2.05, 4.69) is 4.98 Å².